The van der Waals surface area contributed by atoms with Crippen LogP contribution in [0.15, 0.2) is 18.2 Å². The predicted octanol–water partition coefficient (Wildman–Crippen LogP) is 2.31. The Labute approximate surface area is 157 Å². The van der Waals surface area contributed by atoms with E-state index in [1.807, 2.05) is 0 Å². The molecular weight excluding hydrogens is 350 g/mol. The maximum absolute atomic E-state index is 11.1. The van der Waals surface area contributed by atoms with E-state index in [0.29, 0.717) is 11.2 Å². The molecule has 1 N–H and O–H groups in total. The Bertz CT molecular complexity index is 801. The van der Waals surface area contributed by atoms with Crippen LogP contribution >= 0.6 is 11.3 Å². The molecule has 7 nitrogen and oxygen atoms in total. The molecule has 0 spiro atoms. The standard InChI is InChI=1S/C18H23N5O2S/c1-12(15-4-3-14-5-10-25-16(14)11-15)22-6-8-23(9-7-22)18-21-20-17(26-18)19-13(2)24/h3-4,11-12H,5-10H2,1-2H3,(H,19,20,24)/t12-/m1/s1. The summed E-state index contributed by atoms with van der Waals surface area (Å²) in [5.74, 6) is 0.928. The lowest BCUT2D eigenvalue weighted by Crippen LogP contribution is -2.47. The van der Waals surface area contributed by atoms with Crippen molar-refractivity contribution in [2.45, 2.75) is 26.3 Å². The number of nitrogens with one attached hydrogen (secondary N) is 1. The average molecular weight is 373 g/mol. The lowest BCUT2D eigenvalue weighted by Gasteiger charge is -2.38. The minimum atomic E-state index is -0.121. The maximum atomic E-state index is 11.1. The van der Waals surface area contributed by atoms with Gasteiger partial charge in [-0.1, -0.05) is 23.5 Å². The third-order valence-electron chi connectivity index (χ3n) is 5.03. The molecule has 1 amide bonds. The van der Waals surface area contributed by atoms with Gasteiger partial charge in [0.1, 0.15) is 5.75 Å². The topological polar surface area (TPSA) is 70.6 Å². The first-order valence-electron chi connectivity index (χ1n) is 8.96. The largest absolute Gasteiger partial charge is 0.493 e. The van der Waals surface area contributed by atoms with Gasteiger partial charge in [-0.2, -0.15) is 0 Å². The zero-order chi connectivity index (χ0) is 18.1. The lowest BCUT2D eigenvalue weighted by atomic mass is 10.0. The van der Waals surface area contributed by atoms with Gasteiger partial charge in [-0.25, -0.2) is 0 Å². The summed E-state index contributed by atoms with van der Waals surface area (Å²) in [6, 6.07) is 6.99. The molecule has 0 saturated carbocycles. The van der Waals surface area contributed by atoms with Gasteiger partial charge in [0, 0.05) is 45.6 Å². The second kappa shape index (κ2) is 7.20. The zero-order valence-electron chi connectivity index (χ0n) is 15.1. The van der Waals surface area contributed by atoms with Crippen molar-refractivity contribution < 1.29 is 9.53 Å². The first kappa shape index (κ1) is 17.2. The van der Waals surface area contributed by atoms with Crippen molar-refractivity contribution in [3.05, 3.63) is 29.3 Å². The predicted molar refractivity (Wildman–Crippen MR) is 102 cm³/mol. The molecule has 2 aliphatic heterocycles. The molecule has 138 valence electrons. The molecule has 8 heteroatoms. The van der Waals surface area contributed by atoms with E-state index in [1.54, 1.807) is 0 Å². The minimum Gasteiger partial charge on any atom is -0.493 e. The highest BCUT2D eigenvalue weighted by atomic mass is 32.1. The van der Waals surface area contributed by atoms with Crippen LogP contribution in [-0.4, -0.2) is 53.8 Å². The molecule has 4 rings (SSSR count). The Balaban J connectivity index is 1.37. The van der Waals surface area contributed by atoms with E-state index in [-0.39, 0.29) is 5.91 Å². The van der Waals surface area contributed by atoms with Crippen LogP contribution in [-0.2, 0) is 11.2 Å². The summed E-state index contributed by atoms with van der Waals surface area (Å²) in [5, 5.41) is 12.4. The van der Waals surface area contributed by atoms with E-state index in [4.69, 9.17) is 4.74 Å². The van der Waals surface area contributed by atoms with E-state index in [9.17, 15) is 4.79 Å². The first-order valence-corrected chi connectivity index (χ1v) is 9.77. The molecular formula is C18H23N5O2S. The highest BCUT2D eigenvalue weighted by molar-refractivity contribution is 7.19. The van der Waals surface area contributed by atoms with Crippen molar-refractivity contribution in [1.29, 1.82) is 0 Å². The fourth-order valence-corrected chi connectivity index (χ4v) is 4.34. The van der Waals surface area contributed by atoms with Crippen molar-refractivity contribution in [2.75, 3.05) is 43.0 Å². The second-order valence-corrected chi connectivity index (χ2v) is 7.69. The van der Waals surface area contributed by atoms with Gasteiger partial charge in [-0.05, 0) is 24.1 Å². The van der Waals surface area contributed by atoms with Crippen LogP contribution in [0.2, 0.25) is 0 Å². The third kappa shape index (κ3) is 3.52. The molecule has 3 heterocycles. The monoisotopic (exact) mass is 373 g/mol. The minimum absolute atomic E-state index is 0.121. The van der Waals surface area contributed by atoms with Gasteiger partial charge in [0.25, 0.3) is 0 Å². The molecule has 0 aliphatic carbocycles. The maximum Gasteiger partial charge on any atom is 0.223 e. The molecule has 0 unspecified atom stereocenters. The van der Waals surface area contributed by atoms with Crippen LogP contribution in [0.4, 0.5) is 10.3 Å². The van der Waals surface area contributed by atoms with Crippen molar-refractivity contribution in [3.8, 4) is 5.75 Å². The smallest absolute Gasteiger partial charge is 0.223 e. The Hall–Kier alpha value is -2.19. The van der Waals surface area contributed by atoms with Gasteiger partial charge in [-0.3, -0.25) is 9.69 Å². The Morgan fingerprint density at radius 1 is 1.27 bits per heavy atom. The number of amides is 1. The number of fused-ring (bicyclic) bond motifs is 1. The highest BCUT2D eigenvalue weighted by Crippen LogP contribution is 2.32. The molecule has 1 aromatic heterocycles. The van der Waals surface area contributed by atoms with E-state index in [0.717, 1.165) is 50.1 Å². The van der Waals surface area contributed by atoms with E-state index < -0.39 is 0 Å². The molecule has 1 atom stereocenters. The van der Waals surface area contributed by atoms with Crippen LogP contribution in [0.5, 0.6) is 5.75 Å². The number of piperazine rings is 1. The number of hydrogen-bond donors (Lipinski definition) is 1. The quantitative estimate of drug-likeness (QED) is 0.887. The van der Waals surface area contributed by atoms with E-state index in [1.165, 1.54) is 29.4 Å². The summed E-state index contributed by atoms with van der Waals surface area (Å²) in [4.78, 5) is 15.8. The van der Waals surface area contributed by atoms with Crippen LogP contribution in [0.25, 0.3) is 0 Å². The normalized spacial score (nSPS) is 18.3. The fourth-order valence-electron chi connectivity index (χ4n) is 3.50. The third-order valence-corrected chi connectivity index (χ3v) is 5.93. The Morgan fingerprint density at radius 3 is 2.85 bits per heavy atom. The molecule has 1 fully saturated rings. The number of benzene rings is 1. The van der Waals surface area contributed by atoms with Crippen LogP contribution < -0.4 is 15.0 Å². The fraction of sp³-hybridized carbons (Fsp3) is 0.500. The summed E-state index contributed by atoms with van der Waals surface area (Å²) in [6.07, 6.45) is 1.02. The first-order chi connectivity index (χ1) is 12.6. The highest BCUT2D eigenvalue weighted by Gasteiger charge is 2.25. The SMILES string of the molecule is CC(=O)Nc1nnc(N2CCN([C@H](C)c3ccc4c(c3)OCC4)CC2)s1. The van der Waals surface area contributed by atoms with E-state index >= 15 is 0 Å². The number of carbonyl (C=O) groups excluding carboxylic acids is 1. The van der Waals surface area contributed by atoms with Gasteiger partial charge in [0.2, 0.25) is 16.2 Å². The van der Waals surface area contributed by atoms with Crippen molar-refractivity contribution in [2.24, 2.45) is 0 Å². The molecule has 2 aliphatic rings. The Kier molecular flexibility index (Phi) is 4.78. The summed E-state index contributed by atoms with van der Waals surface area (Å²) in [5.41, 5.74) is 2.62. The van der Waals surface area contributed by atoms with Crippen LogP contribution in [0, 0.1) is 0 Å². The van der Waals surface area contributed by atoms with Crippen molar-refractivity contribution >= 4 is 27.5 Å². The molecule has 0 radical (unpaired) electrons. The van der Waals surface area contributed by atoms with Gasteiger partial charge >= 0.3 is 0 Å². The van der Waals surface area contributed by atoms with Crippen molar-refractivity contribution in [1.82, 2.24) is 15.1 Å². The number of aromatic nitrogens is 2. The molecule has 2 aromatic rings. The van der Waals surface area contributed by atoms with Crippen molar-refractivity contribution in [3.63, 3.8) is 0 Å². The summed E-state index contributed by atoms with van der Waals surface area (Å²) in [6.45, 7) is 8.27. The molecule has 26 heavy (non-hydrogen) atoms. The number of rotatable bonds is 4. The van der Waals surface area contributed by atoms with Gasteiger partial charge in [0.05, 0.1) is 6.61 Å². The molecule has 1 saturated heterocycles. The summed E-state index contributed by atoms with van der Waals surface area (Å²) < 4.78 is 5.71. The number of carbonyl (C=O) groups is 1. The summed E-state index contributed by atoms with van der Waals surface area (Å²) >= 11 is 1.42. The number of ether oxygens (including phenoxy) is 1. The van der Waals surface area contributed by atoms with Gasteiger partial charge < -0.3 is 15.0 Å². The average Bonchev–Trinajstić information content (AvgIpc) is 3.29. The van der Waals surface area contributed by atoms with Gasteiger partial charge in [0.15, 0.2) is 0 Å². The number of nitrogens with zero attached hydrogens (tertiary/aromatic N) is 4. The van der Waals surface area contributed by atoms with Gasteiger partial charge in [-0.15, -0.1) is 10.2 Å². The van der Waals surface area contributed by atoms with Crippen LogP contribution in [0.3, 0.4) is 0 Å². The number of hydrogen-bond acceptors (Lipinski definition) is 7. The number of anilines is 2. The summed E-state index contributed by atoms with van der Waals surface area (Å²) in [7, 11) is 0. The lowest BCUT2D eigenvalue weighted by molar-refractivity contribution is -0.114. The molecule has 0 bridgehead atoms. The van der Waals surface area contributed by atoms with E-state index in [2.05, 4.69) is 50.4 Å². The molecule has 1 aromatic carbocycles. The Morgan fingerprint density at radius 2 is 2.08 bits per heavy atom. The second-order valence-electron chi connectivity index (χ2n) is 6.74. The van der Waals surface area contributed by atoms with Crippen LogP contribution in [0.1, 0.15) is 31.0 Å². The zero-order valence-corrected chi connectivity index (χ0v) is 15.9.